The fraction of sp³-hybridized carbons (Fsp3) is 0.444. The highest BCUT2D eigenvalue weighted by atomic mass is 35.5. The van der Waals surface area contributed by atoms with Crippen molar-refractivity contribution in [1.29, 1.82) is 0 Å². The molecule has 2 N–H and O–H groups in total. The van der Waals surface area contributed by atoms with Crippen LogP contribution in [0.1, 0.15) is 62.5 Å². The molecule has 0 saturated carbocycles. The zero-order valence-corrected chi connectivity index (χ0v) is 24.7. The Balaban J connectivity index is 2.47. The predicted octanol–water partition coefficient (Wildman–Crippen LogP) is 5.39. The number of aryl methyl sites for hydroxylation is 1. The lowest BCUT2D eigenvalue weighted by molar-refractivity contribution is -0.125. The Kier molecular flexibility index (Phi) is 11.2. The Morgan fingerprint density at radius 3 is 2.26 bits per heavy atom. The van der Waals surface area contributed by atoms with Gasteiger partial charge in [0.2, 0.25) is 5.91 Å². The third-order valence-corrected chi connectivity index (χ3v) is 6.76. The van der Waals surface area contributed by atoms with Crippen molar-refractivity contribution in [2.24, 2.45) is 11.8 Å². The van der Waals surface area contributed by atoms with Crippen LogP contribution in [0.3, 0.4) is 0 Å². The first-order valence-electron chi connectivity index (χ1n) is 12.2. The largest absolute Gasteiger partial charge is 0.348 e. The van der Waals surface area contributed by atoms with Gasteiger partial charge in [-0.2, -0.15) is 0 Å². The molecule has 8 nitrogen and oxygen atoms in total. The molecule has 11 heteroatoms. The standard InChI is InChI=1S/C27H35Cl2N3O5S/c1-16(2)11-20(9-10-38(6,36)37)30-26(34)24(12-17(3)4)32-15-18(5)13-23(27(32)35)31-25(33)21-14-19(28)7-8-22(21)29/h7-10,13-17,20,24H,11-12H2,1-6H3,(H,30,34)(H,31,33)/b10-9+/t20-,24+/m1/s1. The van der Waals surface area contributed by atoms with Crippen LogP contribution in [-0.2, 0) is 14.6 Å². The van der Waals surface area contributed by atoms with Gasteiger partial charge in [-0.15, -0.1) is 0 Å². The molecule has 0 aliphatic heterocycles. The molecule has 0 radical (unpaired) electrons. The molecule has 0 aliphatic carbocycles. The molecule has 0 saturated heterocycles. The highest BCUT2D eigenvalue weighted by Crippen LogP contribution is 2.23. The third-order valence-electron chi connectivity index (χ3n) is 5.55. The maximum Gasteiger partial charge on any atom is 0.275 e. The van der Waals surface area contributed by atoms with Gasteiger partial charge in [0.15, 0.2) is 9.84 Å². The van der Waals surface area contributed by atoms with Gasteiger partial charge < -0.3 is 15.2 Å². The third kappa shape index (κ3) is 9.60. The average Bonchev–Trinajstić information content (AvgIpc) is 2.78. The number of hydrogen-bond acceptors (Lipinski definition) is 5. The van der Waals surface area contributed by atoms with E-state index in [1.54, 1.807) is 19.2 Å². The molecule has 2 rings (SSSR count). The van der Waals surface area contributed by atoms with Crippen molar-refractivity contribution in [3.8, 4) is 0 Å². The van der Waals surface area contributed by atoms with Gasteiger partial charge in [0.1, 0.15) is 11.7 Å². The summed E-state index contributed by atoms with van der Waals surface area (Å²) in [4.78, 5) is 39.9. The van der Waals surface area contributed by atoms with Crippen molar-refractivity contribution >= 4 is 50.5 Å². The van der Waals surface area contributed by atoms with Gasteiger partial charge >= 0.3 is 0 Å². The van der Waals surface area contributed by atoms with Crippen LogP contribution in [0.25, 0.3) is 0 Å². The lowest BCUT2D eigenvalue weighted by atomic mass is 10.00. The van der Waals surface area contributed by atoms with Gasteiger partial charge in [0, 0.05) is 28.9 Å². The van der Waals surface area contributed by atoms with Crippen molar-refractivity contribution in [2.45, 2.75) is 59.5 Å². The first-order valence-corrected chi connectivity index (χ1v) is 15.0. The van der Waals surface area contributed by atoms with E-state index in [0.29, 0.717) is 23.4 Å². The quantitative estimate of drug-likeness (QED) is 0.368. The number of nitrogens with zero attached hydrogens (tertiary/aromatic N) is 1. The normalized spacial score (nSPS) is 13.6. The fourth-order valence-corrected chi connectivity index (χ4v) is 4.78. The number of rotatable bonds is 11. The van der Waals surface area contributed by atoms with E-state index in [2.05, 4.69) is 10.6 Å². The van der Waals surface area contributed by atoms with Crippen molar-refractivity contribution < 1.29 is 18.0 Å². The Bertz CT molecular complexity index is 1370. The number of carbonyl (C=O) groups excluding carboxylic acids is 2. The van der Waals surface area contributed by atoms with Crippen LogP contribution in [0.15, 0.2) is 46.7 Å². The molecule has 0 unspecified atom stereocenters. The molecule has 2 atom stereocenters. The molecule has 1 heterocycles. The minimum atomic E-state index is -3.39. The number of anilines is 1. The number of amides is 2. The Hall–Kier alpha value is -2.62. The van der Waals surface area contributed by atoms with Crippen molar-refractivity contribution in [3.63, 3.8) is 0 Å². The van der Waals surface area contributed by atoms with Gasteiger partial charge in [-0.3, -0.25) is 14.4 Å². The van der Waals surface area contributed by atoms with E-state index in [1.165, 1.54) is 28.8 Å². The highest BCUT2D eigenvalue weighted by molar-refractivity contribution is 7.93. The van der Waals surface area contributed by atoms with E-state index in [9.17, 15) is 22.8 Å². The number of hydrogen-bond donors (Lipinski definition) is 2. The fourth-order valence-electron chi connectivity index (χ4n) is 3.93. The summed E-state index contributed by atoms with van der Waals surface area (Å²) in [5.41, 5.74) is 0.185. The van der Waals surface area contributed by atoms with Crippen LogP contribution in [-0.4, -0.2) is 37.1 Å². The Labute approximate surface area is 234 Å². The number of sulfone groups is 1. The van der Waals surface area contributed by atoms with Crippen molar-refractivity contribution in [3.05, 3.63) is 73.5 Å². The van der Waals surface area contributed by atoms with E-state index in [4.69, 9.17) is 23.2 Å². The SMILES string of the molecule is Cc1cc(NC(=O)c2cc(Cl)ccc2Cl)c(=O)n([C@@H](CC(C)C)C(=O)N[C@H](/C=C/S(C)(=O)=O)CC(C)C)c1. The van der Waals surface area contributed by atoms with Crippen LogP contribution in [0, 0.1) is 18.8 Å². The molecule has 208 valence electrons. The molecule has 2 amide bonds. The molecule has 0 aliphatic rings. The Morgan fingerprint density at radius 2 is 1.68 bits per heavy atom. The summed E-state index contributed by atoms with van der Waals surface area (Å²) in [5, 5.41) is 7.07. The van der Waals surface area contributed by atoms with Gasteiger partial charge in [-0.25, -0.2) is 8.42 Å². The van der Waals surface area contributed by atoms with Crippen LogP contribution >= 0.6 is 23.2 Å². The number of aromatic nitrogens is 1. The second kappa shape index (κ2) is 13.4. The lowest BCUT2D eigenvalue weighted by Crippen LogP contribution is -2.43. The second-order valence-corrected chi connectivity index (χ2v) is 13.0. The highest BCUT2D eigenvalue weighted by Gasteiger charge is 2.26. The summed E-state index contributed by atoms with van der Waals surface area (Å²) in [5.74, 6) is -0.809. The first kappa shape index (κ1) is 31.6. The minimum Gasteiger partial charge on any atom is -0.348 e. The van der Waals surface area contributed by atoms with Gasteiger partial charge in [-0.05, 0) is 61.4 Å². The number of nitrogens with one attached hydrogen (secondary N) is 2. The van der Waals surface area contributed by atoms with E-state index in [1.807, 2.05) is 27.7 Å². The van der Waals surface area contributed by atoms with Crippen molar-refractivity contribution in [2.75, 3.05) is 11.6 Å². The van der Waals surface area contributed by atoms with E-state index in [0.717, 1.165) is 11.7 Å². The van der Waals surface area contributed by atoms with Crippen LogP contribution < -0.4 is 16.2 Å². The number of halogens is 2. The van der Waals surface area contributed by atoms with E-state index < -0.39 is 39.3 Å². The average molecular weight is 585 g/mol. The van der Waals surface area contributed by atoms with E-state index in [-0.39, 0.29) is 28.1 Å². The predicted molar refractivity (Wildman–Crippen MR) is 154 cm³/mol. The smallest absolute Gasteiger partial charge is 0.275 e. The molecule has 0 fully saturated rings. The molecule has 2 aromatic rings. The topological polar surface area (TPSA) is 114 Å². The van der Waals surface area contributed by atoms with Gasteiger partial charge in [0.25, 0.3) is 11.5 Å². The maximum absolute atomic E-state index is 13.5. The number of pyridine rings is 1. The summed E-state index contributed by atoms with van der Waals surface area (Å²) in [6, 6.07) is 4.53. The van der Waals surface area contributed by atoms with Gasteiger partial charge in [-0.1, -0.05) is 57.0 Å². The lowest BCUT2D eigenvalue weighted by Gasteiger charge is -2.25. The van der Waals surface area contributed by atoms with Crippen LogP contribution in [0.5, 0.6) is 0 Å². The number of carbonyl (C=O) groups is 2. The Morgan fingerprint density at radius 1 is 1.05 bits per heavy atom. The zero-order valence-electron chi connectivity index (χ0n) is 22.4. The molecule has 0 bridgehead atoms. The number of benzene rings is 1. The first-order chi connectivity index (χ1) is 17.6. The summed E-state index contributed by atoms with van der Waals surface area (Å²) in [7, 11) is -3.39. The zero-order chi connectivity index (χ0) is 28.8. The summed E-state index contributed by atoms with van der Waals surface area (Å²) in [6.07, 6.45) is 4.96. The summed E-state index contributed by atoms with van der Waals surface area (Å²) >= 11 is 12.2. The van der Waals surface area contributed by atoms with Crippen LogP contribution in [0.2, 0.25) is 10.0 Å². The van der Waals surface area contributed by atoms with Gasteiger partial charge in [0.05, 0.1) is 10.6 Å². The summed E-state index contributed by atoms with van der Waals surface area (Å²) in [6.45, 7) is 9.54. The molecular weight excluding hydrogens is 549 g/mol. The molecular formula is C27H35Cl2N3O5S. The monoisotopic (exact) mass is 583 g/mol. The molecule has 1 aromatic heterocycles. The maximum atomic E-state index is 13.5. The second-order valence-electron chi connectivity index (χ2n) is 10.3. The van der Waals surface area contributed by atoms with Crippen molar-refractivity contribution in [1.82, 2.24) is 9.88 Å². The van der Waals surface area contributed by atoms with E-state index >= 15 is 0 Å². The minimum absolute atomic E-state index is 0.0108. The summed E-state index contributed by atoms with van der Waals surface area (Å²) < 4.78 is 24.6. The molecule has 1 aromatic carbocycles. The van der Waals surface area contributed by atoms with Crippen LogP contribution in [0.4, 0.5) is 5.69 Å². The molecule has 0 spiro atoms. The molecule has 38 heavy (non-hydrogen) atoms.